The zero-order chi connectivity index (χ0) is 12.0. The van der Waals surface area contributed by atoms with Crippen LogP contribution in [0, 0.1) is 12.8 Å². The molecule has 0 aromatic heterocycles. The second-order valence-corrected chi connectivity index (χ2v) is 5.45. The van der Waals surface area contributed by atoms with E-state index in [0.29, 0.717) is 11.8 Å². The van der Waals surface area contributed by atoms with Gasteiger partial charge in [0.25, 0.3) is 0 Å². The Balaban J connectivity index is 2.10. The molecule has 1 heterocycles. The zero-order valence-electron chi connectivity index (χ0n) is 10.6. The quantitative estimate of drug-likeness (QED) is 0.681. The van der Waals surface area contributed by atoms with Crippen molar-refractivity contribution in [3.8, 4) is 0 Å². The van der Waals surface area contributed by atoms with Gasteiger partial charge < -0.3 is 4.90 Å². The molecule has 2 atom stereocenters. The molecule has 1 saturated carbocycles. The highest BCUT2D eigenvalue weighted by atomic mass is 16.1. The second-order valence-electron chi connectivity index (χ2n) is 5.45. The summed E-state index contributed by atoms with van der Waals surface area (Å²) in [7, 11) is 2.14. The molecule has 90 valence electrons. The third-order valence-electron chi connectivity index (χ3n) is 4.36. The number of anilines is 1. The number of hydrogen-bond donors (Lipinski definition) is 0. The highest BCUT2D eigenvalue weighted by Gasteiger charge is 2.39. The minimum atomic E-state index is 0.239. The number of aryl methyl sites for hydroxylation is 1. The highest BCUT2D eigenvalue weighted by molar-refractivity contribution is 6.05. The van der Waals surface area contributed by atoms with E-state index in [2.05, 4.69) is 37.1 Å². The lowest BCUT2D eigenvalue weighted by molar-refractivity contribution is 0.0856. The molecular formula is C15H19NO. The Morgan fingerprint density at radius 1 is 1.24 bits per heavy atom. The van der Waals surface area contributed by atoms with E-state index < -0.39 is 0 Å². The van der Waals surface area contributed by atoms with Crippen LogP contribution < -0.4 is 4.90 Å². The second kappa shape index (κ2) is 3.86. The van der Waals surface area contributed by atoms with Crippen molar-refractivity contribution in [1.29, 1.82) is 0 Å². The molecule has 0 bridgehead atoms. The van der Waals surface area contributed by atoms with E-state index in [4.69, 9.17) is 0 Å². The number of ketones is 1. The predicted octanol–water partition coefficient (Wildman–Crippen LogP) is 3.19. The van der Waals surface area contributed by atoms with Gasteiger partial charge in [-0.05, 0) is 31.9 Å². The Bertz CT molecular complexity index is 466. The molecule has 2 heteroatoms. The summed E-state index contributed by atoms with van der Waals surface area (Å²) >= 11 is 0. The monoisotopic (exact) mass is 229 g/mol. The summed E-state index contributed by atoms with van der Waals surface area (Å²) in [5.74, 6) is 0.620. The molecule has 2 aliphatic rings. The summed E-state index contributed by atoms with van der Waals surface area (Å²) in [5, 5.41) is 0. The molecule has 0 N–H and O–H groups in total. The molecule has 3 rings (SSSR count). The van der Waals surface area contributed by atoms with Gasteiger partial charge in [-0.25, -0.2) is 0 Å². The smallest absolute Gasteiger partial charge is 0.170 e. The van der Waals surface area contributed by atoms with E-state index in [0.717, 1.165) is 17.7 Å². The van der Waals surface area contributed by atoms with Crippen molar-refractivity contribution in [3.05, 3.63) is 29.3 Å². The summed E-state index contributed by atoms with van der Waals surface area (Å²) in [4.78, 5) is 14.9. The molecule has 0 amide bonds. The average Bonchev–Trinajstić information content (AvgIpc) is 2.36. The molecule has 1 fully saturated rings. The summed E-state index contributed by atoms with van der Waals surface area (Å²) in [6.07, 6.45) is 4.71. The summed E-state index contributed by atoms with van der Waals surface area (Å²) in [6.45, 7) is 2.06. The third-order valence-corrected chi connectivity index (χ3v) is 4.36. The molecule has 1 aromatic rings. The molecule has 1 aromatic carbocycles. The van der Waals surface area contributed by atoms with Gasteiger partial charge in [0, 0.05) is 30.3 Å². The van der Waals surface area contributed by atoms with Crippen LogP contribution in [0.3, 0.4) is 0 Å². The Morgan fingerprint density at radius 3 is 2.82 bits per heavy atom. The normalized spacial score (nSPS) is 27.6. The van der Waals surface area contributed by atoms with Crippen LogP contribution in [-0.4, -0.2) is 18.9 Å². The lowest BCUT2D eigenvalue weighted by Gasteiger charge is -2.43. The molecule has 0 radical (unpaired) electrons. The Hall–Kier alpha value is -1.31. The fraction of sp³-hybridized carbons (Fsp3) is 0.533. The molecule has 0 spiro atoms. The number of nitrogens with zero attached hydrogens (tertiary/aromatic N) is 1. The summed E-state index contributed by atoms with van der Waals surface area (Å²) < 4.78 is 0. The maximum absolute atomic E-state index is 12.5. The summed E-state index contributed by atoms with van der Waals surface area (Å²) in [6, 6.07) is 6.70. The lowest BCUT2D eigenvalue weighted by Crippen LogP contribution is -2.47. The molecule has 0 saturated heterocycles. The van der Waals surface area contributed by atoms with Gasteiger partial charge in [-0.15, -0.1) is 0 Å². The SMILES string of the molecule is Cc1ccc2c(c1)C(=O)[C@@H]1CCCC[C@@H]1N2C. The molecule has 17 heavy (non-hydrogen) atoms. The number of benzene rings is 1. The average molecular weight is 229 g/mol. The lowest BCUT2D eigenvalue weighted by atomic mass is 9.76. The van der Waals surface area contributed by atoms with E-state index in [9.17, 15) is 4.79 Å². The van der Waals surface area contributed by atoms with Crippen LogP contribution in [0.15, 0.2) is 18.2 Å². The van der Waals surface area contributed by atoms with Crippen LogP contribution >= 0.6 is 0 Å². The maximum atomic E-state index is 12.5. The van der Waals surface area contributed by atoms with Crippen LogP contribution in [0.2, 0.25) is 0 Å². The van der Waals surface area contributed by atoms with Gasteiger partial charge >= 0.3 is 0 Å². The third kappa shape index (κ3) is 1.58. The van der Waals surface area contributed by atoms with Gasteiger partial charge in [0.1, 0.15) is 0 Å². The van der Waals surface area contributed by atoms with E-state index in [1.807, 2.05) is 0 Å². The number of carbonyl (C=O) groups is 1. The van der Waals surface area contributed by atoms with Crippen LogP contribution in [0.5, 0.6) is 0 Å². The van der Waals surface area contributed by atoms with Crippen molar-refractivity contribution < 1.29 is 4.79 Å². The topological polar surface area (TPSA) is 20.3 Å². The molecule has 1 aliphatic heterocycles. The Morgan fingerprint density at radius 2 is 2.00 bits per heavy atom. The number of Topliss-reactive ketones (excluding diaryl/α,β-unsaturated/α-hetero) is 1. The Labute approximate surface area is 103 Å². The van der Waals surface area contributed by atoms with Crippen LogP contribution in [-0.2, 0) is 0 Å². The van der Waals surface area contributed by atoms with E-state index in [1.165, 1.54) is 24.8 Å². The van der Waals surface area contributed by atoms with Gasteiger partial charge in [-0.3, -0.25) is 4.79 Å². The van der Waals surface area contributed by atoms with Crippen molar-refractivity contribution in [2.45, 2.75) is 38.6 Å². The van der Waals surface area contributed by atoms with E-state index >= 15 is 0 Å². The van der Waals surface area contributed by atoms with Crippen molar-refractivity contribution in [3.63, 3.8) is 0 Å². The van der Waals surface area contributed by atoms with Crippen molar-refractivity contribution >= 4 is 11.5 Å². The predicted molar refractivity (Wildman–Crippen MR) is 69.7 cm³/mol. The first-order chi connectivity index (χ1) is 8.18. The zero-order valence-corrected chi connectivity index (χ0v) is 10.6. The molecule has 1 aliphatic carbocycles. The summed E-state index contributed by atoms with van der Waals surface area (Å²) in [5.41, 5.74) is 3.25. The number of carbonyl (C=O) groups excluding carboxylic acids is 1. The number of rotatable bonds is 0. The largest absolute Gasteiger partial charge is 0.370 e. The maximum Gasteiger partial charge on any atom is 0.170 e. The van der Waals surface area contributed by atoms with Gasteiger partial charge in [0.15, 0.2) is 5.78 Å². The first-order valence-electron chi connectivity index (χ1n) is 6.56. The highest BCUT2D eigenvalue weighted by Crippen LogP contribution is 2.39. The van der Waals surface area contributed by atoms with Crippen LogP contribution in [0.1, 0.15) is 41.6 Å². The molecule has 0 unspecified atom stereocenters. The van der Waals surface area contributed by atoms with E-state index in [-0.39, 0.29) is 5.92 Å². The molecular weight excluding hydrogens is 210 g/mol. The van der Waals surface area contributed by atoms with Crippen LogP contribution in [0.25, 0.3) is 0 Å². The fourth-order valence-corrected chi connectivity index (χ4v) is 3.41. The minimum absolute atomic E-state index is 0.239. The standard InChI is InChI=1S/C15H19NO/c1-10-7-8-14-12(9-10)15(17)11-5-3-4-6-13(11)16(14)2/h7-9,11,13H,3-6H2,1-2H3/t11-,13+/m1/s1. The van der Waals surface area contributed by atoms with Crippen molar-refractivity contribution in [2.75, 3.05) is 11.9 Å². The van der Waals surface area contributed by atoms with Gasteiger partial charge in [-0.2, -0.15) is 0 Å². The van der Waals surface area contributed by atoms with Gasteiger partial charge in [0.2, 0.25) is 0 Å². The first-order valence-corrected chi connectivity index (χ1v) is 6.56. The van der Waals surface area contributed by atoms with Crippen LogP contribution in [0.4, 0.5) is 5.69 Å². The number of hydrogen-bond acceptors (Lipinski definition) is 2. The van der Waals surface area contributed by atoms with Gasteiger partial charge in [-0.1, -0.05) is 24.5 Å². The van der Waals surface area contributed by atoms with Crippen molar-refractivity contribution in [2.24, 2.45) is 5.92 Å². The first kappa shape index (κ1) is 10.8. The number of fused-ring (bicyclic) bond motifs is 2. The fourth-order valence-electron chi connectivity index (χ4n) is 3.41. The minimum Gasteiger partial charge on any atom is -0.370 e. The Kier molecular flexibility index (Phi) is 2.46. The van der Waals surface area contributed by atoms with Crippen molar-refractivity contribution in [1.82, 2.24) is 0 Å². The van der Waals surface area contributed by atoms with Gasteiger partial charge in [0.05, 0.1) is 0 Å². The molecule has 2 nitrogen and oxygen atoms in total. The van der Waals surface area contributed by atoms with E-state index in [1.54, 1.807) is 0 Å².